The van der Waals surface area contributed by atoms with Crippen LogP contribution in [0.15, 0.2) is 24.5 Å². The van der Waals surface area contributed by atoms with Gasteiger partial charge in [-0.1, -0.05) is 0 Å². The fourth-order valence-electron chi connectivity index (χ4n) is 1.53. The van der Waals surface area contributed by atoms with E-state index >= 15 is 0 Å². The second-order valence-corrected chi connectivity index (χ2v) is 6.24. The number of aromatic nitrogens is 1. The maximum atomic E-state index is 11.0. The number of rotatable bonds is 6. The van der Waals surface area contributed by atoms with Gasteiger partial charge in [0.15, 0.2) is 0 Å². The third-order valence-electron chi connectivity index (χ3n) is 2.21. The van der Waals surface area contributed by atoms with Crippen molar-refractivity contribution in [3.63, 3.8) is 0 Å². The van der Waals surface area contributed by atoms with Gasteiger partial charge in [-0.05, 0) is 37.6 Å². The fraction of sp³-hybridized carbons (Fsp3) is 0.545. The Morgan fingerprint density at radius 1 is 1.38 bits per heavy atom. The van der Waals surface area contributed by atoms with Gasteiger partial charge in [0.1, 0.15) is 9.84 Å². The normalized spacial score (nSPS) is 13.6. The van der Waals surface area contributed by atoms with Crippen LogP contribution in [0.4, 0.5) is 0 Å². The van der Waals surface area contributed by atoms with Gasteiger partial charge in [0.05, 0.1) is 5.75 Å². The summed E-state index contributed by atoms with van der Waals surface area (Å²) in [5, 5.41) is 3.19. The van der Waals surface area contributed by atoms with Crippen LogP contribution in [-0.4, -0.2) is 38.0 Å². The number of pyridine rings is 1. The Balaban J connectivity index is 2.26. The molecule has 0 radical (unpaired) electrons. The average molecular weight is 242 g/mol. The highest BCUT2D eigenvalue weighted by Crippen LogP contribution is 1.97. The average Bonchev–Trinajstić information content (AvgIpc) is 2.16. The zero-order valence-electron chi connectivity index (χ0n) is 9.68. The Labute approximate surface area is 97.0 Å². The van der Waals surface area contributed by atoms with E-state index in [4.69, 9.17) is 0 Å². The van der Waals surface area contributed by atoms with Gasteiger partial charge in [-0.3, -0.25) is 4.98 Å². The van der Waals surface area contributed by atoms with Gasteiger partial charge in [-0.25, -0.2) is 8.42 Å². The molecule has 0 aromatic carbocycles. The molecule has 0 aliphatic rings. The second kappa shape index (κ2) is 5.96. The van der Waals surface area contributed by atoms with Crippen molar-refractivity contribution < 1.29 is 8.42 Å². The molecule has 0 amide bonds. The van der Waals surface area contributed by atoms with Crippen molar-refractivity contribution >= 4 is 9.84 Å². The maximum absolute atomic E-state index is 11.0. The highest BCUT2D eigenvalue weighted by molar-refractivity contribution is 7.90. The number of sulfone groups is 1. The summed E-state index contributed by atoms with van der Waals surface area (Å²) < 4.78 is 22.1. The molecule has 1 aromatic rings. The number of nitrogens with zero attached hydrogens (tertiary/aromatic N) is 1. The molecule has 0 saturated carbocycles. The Morgan fingerprint density at radius 3 is 2.56 bits per heavy atom. The standard InChI is InChI=1S/C11H18N2O2S/c1-10(9-16(2,14)15)13-8-5-11-3-6-12-7-4-11/h3-4,6-7,10,13H,5,8-9H2,1-2H3. The van der Waals surface area contributed by atoms with Crippen LogP contribution in [0.3, 0.4) is 0 Å². The summed E-state index contributed by atoms with van der Waals surface area (Å²) >= 11 is 0. The van der Waals surface area contributed by atoms with Gasteiger partial charge >= 0.3 is 0 Å². The maximum Gasteiger partial charge on any atom is 0.148 e. The minimum absolute atomic E-state index is 0.00293. The SMILES string of the molecule is CC(CS(C)(=O)=O)NCCc1ccncc1. The van der Waals surface area contributed by atoms with E-state index in [1.165, 1.54) is 11.8 Å². The van der Waals surface area contributed by atoms with Crippen molar-refractivity contribution in [2.75, 3.05) is 18.6 Å². The van der Waals surface area contributed by atoms with Gasteiger partial charge in [-0.15, -0.1) is 0 Å². The van der Waals surface area contributed by atoms with Crippen molar-refractivity contribution in [1.82, 2.24) is 10.3 Å². The fourth-order valence-corrected chi connectivity index (χ4v) is 2.55. The van der Waals surface area contributed by atoms with Crippen LogP contribution in [0, 0.1) is 0 Å². The first-order valence-corrected chi connectivity index (χ1v) is 7.33. The van der Waals surface area contributed by atoms with E-state index in [1.54, 1.807) is 12.4 Å². The second-order valence-electron chi connectivity index (χ2n) is 4.05. The molecule has 4 nitrogen and oxygen atoms in total. The lowest BCUT2D eigenvalue weighted by Gasteiger charge is -2.12. The van der Waals surface area contributed by atoms with Crippen LogP contribution in [0.5, 0.6) is 0 Å². The zero-order valence-corrected chi connectivity index (χ0v) is 10.5. The molecule has 90 valence electrons. The highest BCUT2D eigenvalue weighted by atomic mass is 32.2. The third-order valence-corrected chi connectivity index (χ3v) is 3.31. The number of hydrogen-bond acceptors (Lipinski definition) is 4. The molecule has 0 aliphatic carbocycles. The van der Waals surface area contributed by atoms with E-state index in [1.807, 2.05) is 19.1 Å². The molecule has 0 bridgehead atoms. The van der Waals surface area contributed by atoms with Crippen LogP contribution in [0.25, 0.3) is 0 Å². The summed E-state index contributed by atoms with van der Waals surface area (Å²) in [6.45, 7) is 2.66. The zero-order chi connectivity index (χ0) is 12.0. The van der Waals surface area contributed by atoms with Crippen LogP contribution in [0.2, 0.25) is 0 Å². The molecule has 16 heavy (non-hydrogen) atoms. The predicted octanol–water partition coefficient (Wildman–Crippen LogP) is 0.647. The number of nitrogens with one attached hydrogen (secondary N) is 1. The summed E-state index contributed by atoms with van der Waals surface area (Å²) in [6.07, 6.45) is 5.66. The Morgan fingerprint density at radius 2 is 2.00 bits per heavy atom. The van der Waals surface area contributed by atoms with E-state index in [0.29, 0.717) is 0 Å². The van der Waals surface area contributed by atoms with Gasteiger partial charge in [0.25, 0.3) is 0 Å². The molecule has 0 fully saturated rings. The van der Waals surface area contributed by atoms with Crippen molar-refractivity contribution in [1.29, 1.82) is 0 Å². The predicted molar refractivity (Wildman–Crippen MR) is 65.1 cm³/mol. The smallest absolute Gasteiger partial charge is 0.148 e. The summed E-state index contributed by atoms with van der Waals surface area (Å²) in [5.41, 5.74) is 1.20. The molecule has 1 rings (SSSR count). The molecule has 1 N–H and O–H groups in total. The van der Waals surface area contributed by atoms with Crippen molar-refractivity contribution in [2.24, 2.45) is 0 Å². The lowest BCUT2D eigenvalue weighted by molar-refractivity contribution is 0.561. The number of hydrogen-bond donors (Lipinski definition) is 1. The largest absolute Gasteiger partial charge is 0.313 e. The molecule has 0 saturated heterocycles. The Bertz CT molecular complexity index is 403. The molecule has 0 spiro atoms. The van der Waals surface area contributed by atoms with Gasteiger partial charge < -0.3 is 5.32 Å². The monoisotopic (exact) mass is 242 g/mol. The minimum Gasteiger partial charge on any atom is -0.313 e. The van der Waals surface area contributed by atoms with E-state index < -0.39 is 9.84 Å². The Hall–Kier alpha value is -0.940. The van der Waals surface area contributed by atoms with Gasteiger partial charge in [-0.2, -0.15) is 0 Å². The van der Waals surface area contributed by atoms with Gasteiger partial charge in [0, 0.05) is 24.7 Å². The molecule has 1 aromatic heterocycles. The van der Waals surface area contributed by atoms with Gasteiger partial charge in [0.2, 0.25) is 0 Å². The minimum atomic E-state index is -2.89. The van der Waals surface area contributed by atoms with Crippen molar-refractivity contribution in [3.8, 4) is 0 Å². The van der Waals surface area contributed by atoms with Crippen LogP contribution in [-0.2, 0) is 16.3 Å². The summed E-state index contributed by atoms with van der Waals surface area (Å²) in [4.78, 5) is 3.94. The van der Waals surface area contributed by atoms with Crippen molar-refractivity contribution in [2.45, 2.75) is 19.4 Å². The van der Waals surface area contributed by atoms with Crippen molar-refractivity contribution in [3.05, 3.63) is 30.1 Å². The van der Waals surface area contributed by atoms with E-state index in [9.17, 15) is 8.42 Å². The van der Waals surface area contributed by atoms with Crippen LogP contribution < -0.4 is 5.32 Å². The molecule has 5 heteroatoms. The van der Waals surface area contributed by atoms with E-state index in [-0.39, 0.29) is 11.8 Å². The molecule has 0 aliphatic heterocycles. The molecule has 1 unspecified atom stereocenters. The topological polar surface area (TPSA) is 59.1 Å². The molecular formula is C11H18N2O2S. The van der Waals surface area contributed by atoms with E-state index in [2.05, 4.69) is 10.3 Å². The van der Waals surface area contributed by atoms with Crippen LogP contribution in [0.1, 0.15) is 12.5 Å². The summed E-state index contributed by atoms with van der Waals surface area (Å²) in [7, 11) is -2.89. The molecule has 1 heterocycles. The summed E-state index contributed by atoms with van der Waals surface area (Å²) in [5.74, 6) is 0.184. The first kappa shape index (κ1) is 13.1. The van der Waals surface area contributed by atoms with Crippen LogP contribution >= 0.6 is 0 Å². The highest BCUT2D eigenvalue weighted by Gasteiger charge is 2.09. The first-order valence-electron chi connectivity index (χ1n) is 5.27. The summed E-state index contributed by atoms with van der Waals surface area (Å²) in [6, 6.07) is 3.92. The quantitative estimate of drug-likeness (QED) is 0.795. The third kappa shape index (κ3) is 5.82. The first-order chi connectivity index (χ1) is 7.47. The van der Waals surface area contributed by atoms with E-state index in [0.717, 1.165) is 13.0 Å². The Kier molecular flexibility index (Phi) is 4.89. The molecule has 1 atom stereocenters. The lowest BCUT2D eigenvalue weighted by atomic mass is 10.2. The molecular weight excluding hydrogens is 224 g/mol. The lowest BCUT2D eigenvalue weighted by Crippen LogP contribution is -2.34.